The first-order chi connectivity index (χ1) is 18.1. The van der Waals surface area contributed by atoms with Crippen LogP contribution in [0.5, 0.6) is 5.88 Å². The zero-order chi connectivity index (χ0) is 25.5. The SMILES string of the molecule is CCCCC(=O)C1CCCc2c(-c3nc(NC4CC4)c4c(OC)nn(CC5CCCN5C)c4n3)noc21. The largest absolute Gasteiger partial charge is 0.479 e. The van der Waals surface area contributed by atoms with E-state index in [9.17, 15) is 4.79 Å². The lowest BCUT2D eigenvalue weighted by molar-refractivity contribution is -0.121. The normalized spacial score (nSPS) is 21.9. The fourth-order valence-electron chi connectivity index (χ4n) is 5.81. The highest BCUT2D eigenvalue weighted by molar-refractivity contribution is 5.93. The number of likely N-dealkylation sites (tertiary alicyclic amines) is 1. The van der Waals surface area contributed by atoms with Gasteiger partial charge in [0, 0.05) is 24.1 Å². The molecule has 1 N–H and O–H groups in total. The quantitative estimate of drug-likeness (QED) is 0.428. The van der Waals surface area contributed by atoms with Crippen molar-refractivity contribution in [2.75, 3.05) is 26.0 Å². The Bertz CT molecular complexity index is 1290. The second-order valence-corrected chi connectivity index (χ2v) is 10.9. The van der Waals surface area contributed by atoms with E-state index in [-0.39, 0.29) is 11.7 Å². The molecular weight excluding hydrogens is 470 g/mol. The maximum atomic E-state index is 12.9. The molecule has 10 heteroatoms. The summed E-state index contributed by atoms with van der Waals surface area (Å²) in [5.41, 5.74) is 2.37. The van der Waals surface area contributed by atoms with Crippen LogP contribution in [-0.4, -0.2) is 68.4 Å². The van der Waals surface area contributed by atoms with Crippen molar-refractivity contribution in [3.8, 4) is 17.4 Å². The number of anilines is 1. The molecule has 2 atom stereocenters. The first-order valence-electron chi connectivity index (χ1n) is 13.9. The predicted molar refractivity (Wildman–Crippen MR) is 140 cm³/mol. The Morgan fingerprint density at radius 2 is 2.05 bits per heavy atom. The number of fused-ring (bicyclic) bond motifs is 2. The molecule has 37 heavy (non-hydrogen) atoms. The van der Waals surface area contributed by atoms with E-state index < -0.39 is 0 Å². The standard InChI is InChI=1S/C27H37N7O3/c1-4-5-11-20(35)18-9-6-10-19-22(32-37-23(18)19)25-29-24(28-16-12-13-16)21-26(30-25)34(31-27(21)36-3)15-17-8-7-14-33(17)2/h16-18H,4-15H2,1-3H3,(H,28,29,30). The molecule has 198 valence electrons. The number of carbonyl (C=O) groups is 1. The summed E-state index contributed by atoms with van der Waals surface area (Å²) in [6.45, 7) is 3.94. The average molecular weight is 508 g/mol. The zero-order valence-electron chi connectivity index (χ0n) is 22.1. The van der Waals surface area contributed by atoms with Gasteiger partial charge in [-0.3, -0.25) is 4.79 Å². The number of nitrogens with one attached hydrogen (secondary N) is 1. The van der Waals surface area contributed by atoms with Crippen LogP contribution in [-0.2, 0) is 17.8 Å². The number of rotatable bonds is 10. The van der Waals surface area contributed by atoms with Crippen LogP contribution in [0, 0.1) is 0 Å². The van der Waals surface area contributed by atoms with Crippen molar-refractivity contribution >= 4 is 22.6 Å². The van der Waals surface area contributed by atoms with E-state index >= 15 is 0 Å². The number of nitrogens with zero attached hydrogens (tertiary/aromatic N) is 6. The lowest BCUT2D eigenvalue weighted by atomic mass is 9.83. The Morgan fingerprint density at radius 3 is 2.78 bits per heavy atom. The first-order valence-corrected chi connectivity index (χ1v) is 13.9. The number of hydrogen-bond donors (Lipinski definition) is 1. The number of methoxy groups -OCH3 is 1. The van der Waals surface area contributed by atoms with Gasteiger partial charge in [-0.05, 0) is 65.0 Å². The van der Waals surface area contributed by atoms with Crippen LogP contribution in [0.25, 0.3) is 22.6 Å². The first kappa shape index (κ1) is 24.3. The van der Waals surface area contributed by atoms with Crippen LogP contribution < -0.4 is 10.1 Å². The van der Waals surface area contributed by atoms with Crippen molar-refractivity contribution in [3.63, 3.8) is 0 Å². The van der Waals surface area contributed by atoms with Gasteiger partial charge in [-0.1, -0.05) is 18.5 Å². The maximum absolute atomic E-state index is 12.9. The van der Waals surface area contributed by atoms with Crippen LogP contribution in [0.4, 0.5) is 5.82 Å². The van der Waals surface area contributed by atoms with Crippen LogP contribution in [0.3, 0.4) is 0 Å². The van der Waals surface area contributed by atoms with Crippen molar-refractivity contribution in [2.24, 2.45) is 0 Å². The van der Waals surface area contributed by atoms with Gasteiger partial charge >= 0.3 is 0 Å². The smallest absolute Gasteiger partial charge is 0.246 e. The van der Waals surface area contributed by atoms with Gasteiger partial charge in [-0.2, -0.15) is 0 Å². The molecule has 1 aliphatic heterocycles. The lowest BCUT2D eigenvalue weighted by Crippen LogP contribution is -2.29. The van der Waals surface area contributed by atoms with E-state index in [1.54, 1.807) is 7.11 Å². The van der Waals surface area contributed by atoms with Crippen molar-refractivity contribution < 1.29 is 14.1 Å². The van der Waals surface area contributed by atoms with Crippen molar-refractivity contribution in [2.45, 2.75) is 95.7 Å². The molecule has 0 radical (unpaired) electrons. The van der Waals surface area contributed by atoms with Crippen molar-refractivity contribution in [1.82, 2.24) is 29.8 Å². The lowest BCUT2D eigenvalue weighted by Gasteiger charge is -2.20. The van der Waals surface area contributed by atoms with Crippen LogP contribution in [0.2, 0.25) is 0 Å². The summed E-state index contributed by atoms with van der Waals surface area (Å²) in [5.74, 6) is 2.53. The number of ether oxygens (including phenoxy) is 1. The fourth-order valence-corrected chi connectivity index (χ4v) is 5.81. The molecule has 1 saturated carbocycles. The fraction of sp³-hybridized carbons (Fsp3) is 0.667. The third-order valence-electron chi connectivity index (χ3n) is 8.16. The molecule has 3 aliphatic rings. The van der Waals surface area contributed by atoms with Gasteiger partial charge in [0.2, 0.25) is 5.88 Å². The number of Topliss-reactive ketones (excluding diaryl/α,β-unsaturated/α-hetero) is 1. The summed E-state index contributed by atoms with van der Waals surface area (Å²) >= 11 is 0. The summed E-state index contributed by atoms with van der Waals surface area (Å²) < 4.78 is 13.5. The molecule has 0 bridgehead atoms. The second kappa shape index (κ2) is 10.0. The molecule has 2 unspecified atom stereocenters. The van der Waals surface area contributed by atoms with Gasteiger partial charge in [0.25, 0.3) is 0 Å². The van der Waals surface area contributed by atoms with E-state index in [0.29, 0.717) is 41.7 Å². The zero-order valence-corrected chi connectivity index (χ0v) is 22.1. The van der Waals surface area contributed by atoms with E-state index in [0.717, 1.165) is 86.9 Å². The van der Waals surface area contributed by atoms with Gasteiger partial charge in [-0.15, -0.1) is 5.10 Å². The maximum Gasteiger partial charge on any atom is 0.246 e. The highest BCUT2D eigenvalue weighted by Crippen LogP contribution is 2.40. The Kier molecular flexibility index (Phi) is 6.60. The van der Waals surface area contributed by atoms with E-state index in [1.807, 2.05) is 4.68 Å². The minimum absolute atomic E-state index is 0.215. The molecule has 2 aliphatic carbocycles. The van der Waals surface area contributed by atoms with E-state index in [1.165, 1.54) is 6.42 Å². The summed E-state index contributed by atoms with van der Waals surface area (Å²) in [6.07, 6.45) is 9.61. The molecule has 0 aromatic carbocycles. The number of carbonyl (C=O) groups excluding carboxylic acids is 1. The molecule has 2 fully saturated rings. The highest BCUT2D eigenvalue weighted by atomic mass is 16.5. The highest BCUT2D eigenvalue weighted by Gasteiger charge is 2.35. The predicted octanol–water partition coefficient (Wildman–Crippen LogP) is 4.34. The number of hydrogen-bond acceptors (Lipinski definition) is 9. The number of ketones is 1. The van der Waals surface area contributed by atoms with Crippen molar-refractivity contribution in [1.29, 1.82) is 0 Å². The van der Waals surface area contributed by atoms with E-state index in [4.69, 9.17) is 24.3 Å². The Balaban J connectivity index is 1.43. The molecular formula is C27H37N7O3. The molecule has 6 rings (SSSR count). The summed E-state index contributed by atoms with van der Waals surface area (Å²) in [5, 5.41) is 13.6. The third kappa shape index (κ3) is 4.60. The van der Waals surface area contributed by atoms with Crippen LogP contribution >= 0.6 is 0 Å². The second-order valence-electron chi connectivity index (χ2n) is 10.9. The molecule has 3 aromatic rings. The van der Waals surface area contributed by atoms with Crippen molar-refractivity contribution in [3.05, 3.63) is 11.3 Å². The number of aromatic nitrogens is 5. The monoisotopic (exact) mass is 507 g/mol. The van der Waals surface area contributed by atoms with Gasteiger partial charge in [0.1, 0.15) is 17.0 Å². The third-order valence-corrected chi connectivity index (χ3v) is 8.16. The average Bonchev–Trinajstić information content (AvgIpc) is 3.30. The minimum atomic E-state index is -0.215. The van der Waals surface area contributed by atoms with E-state index in [2.05, 4.69) is 29.3 Å². The van der Waals surface area contributed by atoms with Gasteiger partial charge in [-0.25, -0.2) is 14.6 Å². The Labute approximate surface area is 217 Å². The van der Waals surface area contributed by atoms with Gasteiger partial charge in [0.05, 0.1) is 19.6 Å². The summed E-state index contributed by atoms with van der Waals surface area (Å²) in [6, 6.07) is 0.799. The molecule has 0 amide bonds. The molecule has 3 aromatic heterocycles. The summed E-state index contributed by atoms with van der Waals surface area (Å²) in [7, 11) is 3.81. The Hall–Kier alpha value is -3.01. The van der Waals surface area contributed by atoms with Gasteiger partial charge in [0.15, 0.2) is 22.9 Å². The summed E-state index contributed by atoms with van der Waals surface area (Å²) in [4.78, 5) is 25.3. The molecule has 0 spiro atoms. The van der Waals surface area contributed by atoms with Gasteiger partial charge < -0.3 is 19.5 Å². The topological polar surface area (TPSA) is 111 Å². The van der Waals surface area contributed by atoms with Crippen LogP contribution in [0.15, 0.2) is 4.52 Å². The van der Waals surface area contributed by atoms with Crippen LogP contribution in [0.1, 0.15) is 82.0 Å². The molecule has 4 heterocycles. The minimum Gasteiger partial charge on any atom is -0.479 e. The number of likely N-dealkylation sites (N-methyl/N-ethyl adjacent to an activating group) is 1. The number of unbranched alkanes of at least 4 members (excludes halogenated alkanes) is 1. The molecule has 1 saturated heterocycles. The molecule has 10 nitrogen and oxygen atoms in total. The Morgan fingerprint density at radius 1 is 1.19 bits per heavy atom.